The van der Waals surface area contributed by atoms with Crippen molar-refractivity contribution in [1.82, 2.24) is 14.5 Å². The Morgan fingerprint density at radius 3 is 1.67 bits per heavy atom. The molecular weight excluding hydrogens is 603 g/mol. The van der Waals surface area contributed by atoms with Crippen molar-refractivity contribution in [2.75, 3.05) is 0 Å². The van der Waals surface area contributed by atoms with Gasteiger partial charge in [0.1, 0.15) is 0 Å². The van der Waals surface area contributed by atoms with Gasteiger partial charge in [0.05, 0.1) is 22.2 Å². The highest BCUT2D eigenvalue weighted by molar-refractivity contribution is 7.26. The molecule has 0 amide bonds. The van der Waals surface area contributed by atoms with Gasteiger partial charge in [-0.1, -0.05) is 121 Å². The first-order chi connectivity index (χ1) is 23.8. The zero-order chi connectivity index (χ0) is 31.3. The molecule has 0 aliphatic rings. The minimum absolute atomic E-state index is 0.677. The van der Waals surface area contributed by atoms with Crippen LogP contribution in [-0.4, -0.2) is 14.5 Å². The fourth-order valence-corrected chi connectivity index (χ4v) is 9.12. The summed E-state index contributed by atoms with van der Waals surface area (Å²) in [5.41, 5.74) is 5.23. The number of aromatic nitrogens is 3. The van der Waals surface area contributed by atoms with Gasteiger partial charge < -0.3 is 0 Å². The van der Waals surface area contributed by atoms with Crippen molar-refractivity contribution in [3.8, 4) is 17.2 Å². The number of para-hydroxylation sites is 1. The van der Waals surface area contributed by atoms with Crippen LogP contribution in [0.1, 0.15) is 0 Å². The van der Waals surface area contributed by atoms with Gasteiger partial charge in [-0.2, -0.15) is 0 Å². The highest BCUT2D eigenvalue weighted by atomic mass is 32.1. The van der Waals surface area contributed by atoms with Crippen molar-refractivity contribution in [3.63, 3.8) is 0 Å². The fourth-order valence-electron chi connectivity index (χ4n) is 7.88. The second kappa shape index (κ2) is 9.71. The third-order valence-corrected chi connectivity index (χ3v) is 11.2. The predicted octanol–water partition coefficient (Wildman–Crippen LogP) is 12.2. The van der Waals surface area contributed by atoms with E-state index in [1.807, 2.05) is 11.3 Å². The first-order valence-corrected chi connectivity index (χ1v) is 17.1. The Balaban J connectivity index is 1.31. The van der Waals surface area contributed by atoms with E-state index < -0.39 is 0 Å². The third-order valence-electron chi connectivity index (χ3n) is 9.96. The van der Waals surface area contributed by atoms with Crippen molar-refractivity contribution in [1.29, 1.82) is 0 Å². The number of fused-ring (bicyclic) bond motifs is 13. The van der Waals surface area contributed by atoms with Gasteiger partial charge >= 0.3 is 0 Å². The Morgan fingerprint density at radius 1 is 0.438 bits per heavy atom. The van der Waals surface area contributed by atoms with E-state index in [0.29, 0.717) is 5.95 Å². The van der Waals surface area contributed by atoms with Crippen molar-refractivity contribution < 1.29 is 0 Å². The largest absolute Gasteiger partial charge is 0.278 e. The summed E-state index contributed by atoms with van der Waals surface area (Å²) in [5, 5.41) is 13.5. The Labute approximate surface area is 278 Å². The van der Waals surface area contributed by atoms with Crippen molar-refractivity contribution in [3.05, 3.63) is 152 Å². The summed E-state index contributed by atoms with van der Waals surface area (Å²) >= 11 is 1.85. The Bertz CT molecular complexity index is 3040. The zero-order valence-corrected chi connectivity index (χ0v) is 26.5. The number of hydrogen-bond donors (Lipinski definition) is 0. The Kier molecular flexibility index (Phi) is 5.26. The Morgan fingerprint density at radius 2 is 0.979 bits per heavy atom. The maximum atomic E-state index is 5.56. The average molecular weight is 628 g/mol. The van der Waals surface area contributed by atoms with Crippen molar-refractivity contribution >= 4 is 96.5 Å². The van der Waals surface area contributed by atoms with Gasteiger partial charge in [0.2, 0.25) is 5.95 Å². The molecule has 8 aromatic carbocycles. The van der Waals surface area contributed by atoms with E-state index in [4.69, 9.17) is 9.97 Å². The lowest BCUT2D eigenvalue weighted by Crippen LogP contribution is -2.03. The van der Waals surface area contributed by atoms with E-state index in [-0.39, 0.29) is 0 Å². The van der Waals surface area contributed by atoms with E-state index in [2.05, 4.69) is 156 Å². The molecule has 222 valence electrons. The molecule has 4 heteroatoms. The van der Waals surface area contributed by atoms with Gasteiger partial charge in [0.25, 0.3) is 0 Å². The lowest BCUT2D eigenvalue weighted by Gasteiger charge is -2.13. The van der Waals surface area contributed by atoms with Crippen LogP contribution >= 0.6 is 11.3 Å². The van der Waals surface area contributed by atoms with Crippen LogP contribution in [0.5, 0.6) is 0 Å². The number of nitrogens with zero attached hydrogens (tertiary/aromatic N) is 3. The molecule has 3 aromatic heterocycles. The monoisotopic (exact) mass is 627 g/mol. The van der Waals surface area contributed by atoms with Crippen molar-refractivity contribution in [2.24, 2.45) is 0 Å². The summed E-state index contributed by atoms with van der Waals surface area (Å²) < 4.78 is 4.82. The maximum absolute atomic E-state index is 5.56. The molecule has 11 aromatic rings. The van der Waals surface area contributed by atoms with Crippen LogP contribution in [0.3, 0.4) is 0 Å². The molecule has 3 heterocycles. The molecule has 48 heavy (non-hydrogen) atoms. The highest BCUT2D eigenvalue weighted by Gasteiger charge is 2.22. The molecule has 0 unspecified atom stereocenters. The van der Waals surface area contributed by atoms with Crippen LogP contribution in [-0.2, 0) is 0 Å². The van der Waals surface area contributed by atoms with E-state index in [1.54, 1.807) is 0 Å². The molecule has 0 aliphatic heterocycles. The maximum Gasteiger partial charge on any atom is 0.235 e. The third kappa shape index (κ3) is 3.52. The summed E-state index contributed by atoms with van der Waals surface area (Å²) in [6, 6.07) is 54.6. The summed E-state index contributed by atoms with van der Waals surface area (Å²) in [5.74, 6) is 0.677. The summed E-state index contributed by atoms with van der Waals surface area (Å²) in [7, 11) is 0. The van der Waals surface area contributed by atoms with Gasteiger partial charge in [-0.3, -0.25) is 4.57 Å². The number of rotatable bonds is 2. The molecule has 0 saturated heterocycles. The number of thiophene rings is 1. The SMILES string of the molecule is c1ccc2c(c1)cc(-c1nc(-n3c4ccc5ccccc5c4c4c5ccccc5ccc43)nc3ccccc13)c1sc3ccccc3c12. The topological polar surface area (TPSA) is 30.7 Å². The second-order valence-electron chi connectivity index (χ2n) is 12.5. The van der Waals surface area contributed by atoms with Crippen LogP contribution in [0.15, 0.2) is 152 Å². The molecule has 3 nitrogen and oxygen atoms in total. The molecule has 11 rings (SSSR count). The summed E-state index contributed by atoms with van der Waals surface area (Å²) in [4.78, 5) is 10.9. The molecule has 0 N–H and O–H groups in total. The minimum Gasteiger partial charge on any atom is -0.278 e. The lowest BCUT2D eigenvalue weighted by molar-refractivity contribution is 1.01. The number of benzene rings is 8. The molecule has 0 saturated carbocycles. The molecule has 0 fully saturated rings. The first kappa shape index (κ1) is 26.0. The van der Waals surface area contributed by atoms with Crippen LogP contribution in [0.25, 0.3) is 102 Å². The van der Waals surface area contributed by atoms with Gasteiger partial charge in [0.15, 0.2) is 0 Å². The molecule has 0 atom stereocenters. The van der Waals surface area contributed by atoms with Gasteiger partial charge in [-0.25, -0.2) is 9.97 Å². The fraction of sp³-hybridized carbons (Fsp3) is 0. The quantitative estimate of drug-likeness (QED) is 0.191. The van der Waals surface area contributed by atoms with E-state index >= 15 is 0 Å². The van der Waals surface area contributed by atoms with Crippen LogP contribution in [0.2, 0.25) is 0 Å². The average Bonchev–Trinajstić information content (AvgIpc) is 3.71. The zero-order valence-electron chi connectivity index (χ0n) is 25.7. The minimum atomic E-state index is 0.677. The van der Waals surface area contributed by atoms with Gasteiger partial charge in [-0.05, 0) is 62.6 Å². The summed E-state index contributed by atoms with van der Waals surface area (Å²) in [6.45, 7) is 0. The van der Waals surface area contributed by atoms with E-state index in [0.717, 1.165) is 33.2 Å². The first-order valence-electron chi connectivity index (χ1n) is 16.3. The van der Waals surface area contributed by atoms with Crippen LogP contribution < -0.4 is 0 Å². The predicted molar refractivity (Wildman–Crippen MR) is 205 cm³/mol. The standard InChI is InChI=1S/C44H25N3S/c1-4-14-29-26(11-1)21-23-36-40(29)41-30-15-5-2-12-27(30)22-24-37(41)47(36)44-45-35-19-9-7-17-32(35)42(46-44)34-25-28-13-3-6-16-31(28)39-33-18-8-10-20-38(33)48-43(34)39/h1-25H. The molecule has 0 radical (unpaired) electrons. The summed E-state index contributed by atoms with van der Waals surface area (Å²) in [6.07, 6.45) is 0. The van der Waals surface area contributed by atoms with Crippen LogP contribution in [0, 0.1) is 0 Å². The highest BCUT2D eigenvalue weighted by Crippen LogP contribution is 2.46. The van der Waals surface area contributed by atoms with Gasteiger partial charge in [0, 0.05) is 41.9 Å². The lowest BCUT2D eigenvalue weighted by atomic mass is 9.97. The van der Waals surface area contributed by atoms with E-state index in [9.17, 15) is 0 Å². The smallest absolute Gasteiger partial charge is 0.235 e. The van der Waals surface area contributed by atoms with E-state index in [1.165, 1.54) is 63.3 Å². The molecular formula is C44H25N3S. The second-order valence-corrected chi connectivity index (χ2v) is 13.6. The Hall–Kier alpha value is -6.10. The normalized spacial score (nSPS) is 12.2. The number of hydrogen-bond acceptors (Lipinski definition) is 3. The molecule has 0 aliphatic carbocycles. The van der Waals surface area contributed by atoms with Crippen LogP contribution in [0.4, 0.5) is 0 Å². The van der Waals surface area contributed by atoms with Gasteiger partial charge in [-0.15, -0.1) is 11.3 Å². The molecule has 0 spiro atoms. The van der Waals surface area contributed by atoms with Crippen molar-refractivity contribution in [2.45, 2.75) is 0 Å². The molecule has 0 bridgehead atoms.